The van der Waals surface area contributed by atoms with Crippen LogP contribution in [0.5, 0.6) is 0 Å². The molecular weight excluding hydrogens is 388 g/mol. The predicted octanol–water partition coefficient (Wildman–Crippen LogP) is 2.97. The molecule has 1 N–H and O–H groups in total. The van der Waals surface area contributed by atoms with E-state index in [1.807, 2.05) is 25.1 Å². The van der Waals surface area contributed by atoms with E-state index in [9.17, 15) is 18.3 Å². The topological polar surface area (TPSA) is 81.3 Å². The smallest absolute Gasteiger partial charge is 0.275 e. The van der Waals surface area contributed by atoms with Crippen molar-refractivity contribution in [3.63, 3.8) is 0 Å². The van der Waals surface area contributed by atoms with E-state index in [2.05, 4.69) is 0 Å². The fourth-order valence-corrected chi connectivity index (χ4v) is 4.76. The number of aryl methyl sites for hydroxylation is 2. The van der Waals surface area contributed by atoms with Crippen LogP contribution in [0.3, 0.4) is 0 Å². The molecule has 148 valence electrons. The standard InChI is InChI=1S/C22H20N2O4S/c1-15-8-10-17(11-9-15)29(27,28)24-13-12-18-19(14-23(2)22(26)20(18)24)21(25)16-6-4-3-5-7-16/h3-14,21,25H,1-2H3. The summed E-state index contributed by atoms with van der Waals surface area (Å²) in [7, 11) is -2.42. The molecule has 0 aliphatic carbocycles. The van der Waals surface area contributed by atoms with Crippen LogP contribution in [-0.2, 0) is 17.1 Å². The highest BCUT2D eigenvalue weighted by atomic mass is 32.2. The Morgan fingerprint density at radius 1 is 0.966 bits per heavy atom. The molecule has 0 amide bonds. The second-order valence-electron chi connectivity index (χ2n) is 7.01. The minimum Gasteiger partial charge on any atom is -0.384 e. The number of nitrogens with zero attached hydrogens (tertiary/aromatic N) is 2. The van der Waals surface area contributed by atoms with Crippen LogP contribution in [0.1, 0.15) is 22.8 Å². The van der Waals surface area contributed by atoms with Gasteiger partial charge in [0.15, 0.2) is 0 Å². The molecule has 2 aromatic heterocycles. The lowest BCUT2D eigenvalue weighted by molar-refractivity contribution is 0.221. The summed E-state index contributed by atoms with van der Waals surface area (Å²) in [5.74, 6) is 0. The van der Waals surface area contributed by atoms with Crippen LogP contribution >= 0.6 is 0 Å². The fourth-order valence-electron chi connectivity index (χ4n) is 3.42. The SMILES string of the molecule is Cc1ccc(S(=O)(=O)n2ccc3c(C(O)c4ccccc4)cn(C)c(=O)c32)cc1. The minimum atomic E-state index is -3.96. The largest absolute Gasteiger partial charge is 0.384 e. The van der Waals surface area contributed by atoms with Crippen LogP contribution in [0.4, 0.5) is 0 Å². The van der Waals surface area contributed by atoms with Crippen molar-refractivity contribution in [3.05, 3.63) is 100 Å². The van der Waals surface area contributed by atoms with Crippen LogP contribution in [0.2, 0.25) is 0 Å². The molecule has 0 spiro atoms. The Bertz CT molecular complexity index is 1350. The van der Waals surface area contributed by atoms with Crippen LogP contribution < -0.4 is 5.56 Å². The van der Waals surface area contributed by atoms with E-state index in [1.165, 1.54) is 22.9 Å². The second-order valence-corrected chi connectivity index (χ2v) is 8.82. The maximum absolute atomic E-state index is 13.2. The Hall–Kier alpha value is -3.16. The van der Waals surface area contributed by atoms with Crippen molar-refractivity contribution in [1.82, 2.24) is 8.54 Å². The van der Waals surface area contributed by atoms with Crippen molar-refractivity contribution in [2.75, 3.05) is 0 Å². The van der Waals surface area contributed by atoms with Gasteiger partial charge >= 0.3 is 0 Å². The third-order valence-electron chi connectivity index (χ3n) is 5.01. The third kappa shape index (κ3) is 3.18. The zero-order chi connectivity index (χ0) is 20.8. The summed E-state index contributed by atoms with van der Waals surface area (Å²) in [6.07, 6.45) is 1.91. The van der Waals surface area contributed by atoms with Crippen LogP contribution in [0.15, 0.2) is 82.7 Å². The molecule has 0 radical (unpaired) electrons. The van der Waals surface area contributed by atoms with Gasteiger partial charge in [-0.05, 0) is 30.7 Å². The van der Waals surface area contributed by atoms with Crippen molar-refractivity contribution >= 4 is 20.9 Å². The highest BCUT2D eigenvalue weighted by molar-refractivity contribution is 7.90. The zero-order valence-electron chi connectivity index (χ0n) is 16.0. The number of pyridine rings is 1. The number of benzene rings is 2. The predicted molar refractivity (Wildman–Crippen MR) is 111 cm³/mol. The maximum atomic E-state index is 13.2. The van der Waals surface area contributed by atoms with Gasteiger partial charge in [0.1, 0.15) is 11.6 Å². The van der Waals surface area contributed by atoms with Gasteiger partial charge in [0.05, 0.1) is 4.90 Å². The molecule has 0 fully saturated rings. The van der Waals surface area contributed by atoms with Gasteiger partial charge in [-0.2, -0.15) is 0 Å². The van der Waals surface area contributed by atoms with E-state index in [0.29, 0.717) is 16.5 Å². The average molecular weight is 408 g/mol. The first-order valence-corrected chi connectivity index (χ1v) is 10.5. The second kappa shape index (κ2) is 7.02. The Kier molecular flexibility index (Phi) is 4.64. The van der Waals surface area contributed by atoms with Gasteiger partial charge in [-0.15, -0.1) is 0 Å². The number of aliphatic hydroxyl groups is 1. The van der Waals surface area contributed by atoms with Crippen LogP contribution in [0.25, 0.3) is 10.9 Å². The molecule has 4 rings (SSSR count). The maximum Gasteiger partial charge on any atom is 0.275 e. The third-order valence-corrected chi connectivity index (χ3v) is 6.70. The highest BCUT2D eigenvalue weighted by Crippen LogP contribution is 2.29. The summed E-state index contributed by atoms with van der Waals surface area (Å²) in [5.41, 5.74) is 1.61. The monoisotopic (exact) mass is 408 g/mol. The molecular formula is C22H20N2O4S. The van der Waals surface area contributed by atoms with Crippen molar-refractivity contribution < 1.29 is 13.5 Å². The van der Waals surface area contributed by atoms with Crippen molar-refractivity contribution in [1.29, 1.82) is 0 Å². The molecule has 6 nitrogen and oxygen atoms in total. The summed E-state index contributed by atoms with van der Waals surface area (Å²) in [6.45, 7) is 1.87. The Balaban J connectivity index is 1.96. The summed E-state index contributed by atoms with van der Waals surface area (Å²) in [4.78, 5) is 12.9. The molecule has 1 atom stereocenters. The number of aromatic nitrogens is 2. The minimum absolute atomic E-state index is 0.0144. The Morgan fingerprint density at radius 3 is 2.28 bits per heavy atom. The van der Waals surface area contributed by atoms with Gasteiger partial charge in [-0.25, -0.2) is 12.4 Å². The Labute approximate surface area is 168 Å². The first-order chi connectivity index (χ1) is 13.8. The number of hydrogen-bond donors (Lipinski definition) is 1. The molecule has 0 saturated heterocycles. The molecule has 0 aliphatic heterocycles. The molecule has 1 unspecified atom stereocenters. The molecule has 2 aromatic carbocycles. The van der Waals surface area contributed by atoms with Gasteiger partial charge in [-0.3, -0.25) is 4.79 Å². The molecule has 7 heteroatoms. The lowest BCUT2D eigenvalue weighted by Gasteiger charge is -2.15. The van der Waals surface area contributed by atoms with Gasteiger partial charge < -0.3 is 9.67 Å². The molecule has 4 aromatic rings. The van der Waals surface area contributed by atoms with E-state index in [-0.39, 0.29) is 10.4 Å². The summed E-state index contributed by atoms with van der Waals surface area (Å²) < 4.78 is 28.7. The van der Waals surface area contributed by atoms with Crippen molar-refractivity contribution in [2.45, 2.75) is 17.9 Å². The van der Waals surface area contributed by atoms with Crippen LogP contribution in [-0.4, -0.2) is 22.1 Å². The van der Waals surface area contributed by atoms with Crippen molar-refractivity contribution in [2.24, 2.45) is 7.05 Å². The summed E-state index contributed by atoms with van der Waals surface area (Å²) in [6, 6.07) is 17.0. The van der Waals surface area contributed by atoms with Gasteiger partial charge in [0.2, 0.25) is 0 Å². The molecule has 0 saturated carbocycles. The number of aliphatic hydroxyl groups excluding tert-OH is 1. The van der Waals surface area contributed by atoms with E-state index in [1.54, 1.807) is 43.6 Å². The van der Waals surface area contributed by atoms with Gasteiger partial charge in [0, 0.05) is 30.4 Å². The van der Waals surface area contributed by atoms with E-state index in [4.69, 9.17) is 0 Å². The fraction of sp³-hybridized carbons (Fsp3) is 0.136. The summed E-state index contributed by atoms with van der Waals surface area (Å²) >= 11 is 0. The Morgan fingerprint density at radius 2 is 1.62 bits per heavy atom. The van der Waals surface area contributed by atoms with Crippen molar-refractivity contribution in [3.8, 4) is 0 Å². The first kappa shape index (κ1) is 19.2. The number of fused-ring (bicyclic) bond motifs is 1. The zero-order valence-corrected chi connectivity index (χ0v) is 16.8. The van der Waals surface area contributed by atoms with Gasteiger partial charge in [-0.1, -0.05) is 48.0 Å². The summed E-state index contributed by atoms with van der Waals surface area (Å²) in [5, 5.41) is 11.3. The van der Waals surface area contributed by atoms with E-state index >= 15 is 0 Å². The number of rotatable bonds is 4. The quantitative estimate of drug-likeness (QED) is 0.563. The van der Waals surface area contributed by atoms with Crippen LogP contribution in [0, 0.1) is 6.92 Å². The average Bonchev–Trinajstić information content (AvgIpc) is 3.17. The molecule has 29 heavy (non-hydrogen) atoms. The molecule has 0 bridgehead atoms. The molecule has 2 heterocycles. The lowest BCUT2D eigenvalue weighted by atomic mass is 10.0. The normalized spacial score (nSPS) is 12.9. The first-order valence-electron chi connectivity index (χ1n) is 9.06. The highest BCUT2D eigenvalue weighted by Gasteiger charge is 2.24. The number of hydrogen-bond acceptors (Lipinski definition) is 4. The van der Waals surface area contributed by atoms with Gasteiger partial charge in [0.25, 0.3) is 15.6 Å². The van der Waals surface area contributed by atoms with E-state index < -0.39 is 21.7 Å². The molecule has 0 aliphatic rings. The van der Waals surface area contributed by atoms with E-state index in [0.717, 1.165) is 9.54 Å². The lowest BCUT2D eigenvalue weighted by Crippen LogP contribution is -2.23.